The first kappa shape index (κ1) is 13.5. The molecule has 2 atom stereocenters. The third kappa shape index (κ3) is 3.11. The van der Waals surface area contributed by atoms with Crippen LogP contribution in [-0.4, -0.2) is 60.7 Å². The number of aliphatic hydroxyl groups is 1. The zero-order valence-corrected chi connectivity index (χ0v) is 11.1. The highest BCUT2D eigenvalue weighted by molar-refractivity contribution is 5.12. The highest BCUT2D eigenvalue weighted by Gasteiger charge is 2.27. The number of aromatic nitrogens is 1. The quantitative estimate of drug-likeness (QED) is 0.826. The molecule has 1 aliphatic heterocycles. The van der Waals surface area contributed by atoms with E-state index in [2.05, 4.69) is 15.5 Å². The average Bonchev–Trinajstić information content (AvgIpc) is 2.76. The maximum absolute atomic E-state index is 9.87. The van der Waals surface area contributed by atoms with E-state index in [0.29, 0.717) is 19.8 Å². The van der Waals surface area contributed by atoms with Crippen molar-refractivity contribution in [2.24, 2.45) is 7.05 Å². The lowest BCUT2D eigenvalue weighted by molar-refractivity contribution is -0.0410. The number of nitrogens with zero attached hydrogens (tertiary/aromatic N) is 2. The molecule has 0 amide bonds. The Labute approximate surface area is 108 Å². The van der Waals surface area contributed by atoms with Gasteiger partial charge in [-0.1, -0.05) is 0 Å². The van der Waals surface area contributed by atoms with Crippen molar-refractivity contribution in [1.29, 1.82) is 0 Å². The molecule has 0 spiro atoms. The number of aliphatic hydroxyl groups excluding tert-OH is 1. The van der Waals surface area contributed by atoms with Gasteiger partial charge in [0, 0.05) is 39.1 Å². The first-order chi connectivity index (χ1) is 8.72. The van der Waals surface area contributed by atoms with Crippen LogP contribution in [-0.2, 0) is 16.5 Å². The number of hydrogen-bond acceptors (Lipinski definition) is 4. The van der Waals surface area contributed by atoms with E-state index in [9.17, 15) is 5.11 Å². The number of aryl methyl sites for hydroxylation is 1. The lowest BCUT2D eigenvalue weighted by atomic mass is 10.1. The fourth-order valence-electron chi connectivity index (χ4n) is 2.47. The van der Waals surface area contributed by atoms with E-state index in [1.807, 2.05) is 19.3 Å². The van der Waals surface area contributed by atoms with Gasteiger partial charge in [0.15, 0.2) is 0 Å². The van der Waals surface area contributed by atoms with Gasteiger partial charge in [0.25, 0.3) is 0 Å². The molecule has 0 aromatic carbocycles. The molecule has 0 aliphatic carbocycles. The molecule has 1 fully saturated rings. The van der Waals surface area contributed by atoms with E-state index in [0.717, 1.165) is 13.2 Å². The van der Waals surface area contributed by atoms with Gasteiger partial charge in [0.05, 0.1) is 32.0 Å². The first-order valence-corrected chi connectivity index (χ1v) is 6.32. The number of β-amino-alcohol motifs (C(OH)–C–C–N with tert-alkyl or cyclic N) is 1. The molecule has 0 bridgehead atoms. The van der Waals surface area contributed by atoms with Gasteiger partial charge in [0.2, 0.25) is 0 Å². The highest BCUT2D eigenvalue weighted by atomic mass is 16.5. The minimum Gasteiger partial charge on any atom is -0.389 e. The van der Waals surface area contributed by atoms with Crippen LogP contribution in [0, 0.1) is 0 Å². The highest BCUT2D eigenvalue weighted by Crippen LogP contribution is 2.24. The summed E-state index contributed by atoms with van der Waals surface area (Å²) in [6.45, 7) is 3.24. The van der Waals surface area contributed by atoms with Crippen molar-refractivity contribution < 1.29 is 14.6 Å². The monoisotopic (exact) mass is 254 g/mol. The largest absolute Gasteiger partial charge is 0.389 e. The summed E-state index contributed by atoms with van der Waals surface area (Å²) in [5.41, 5.74) is 1.22. The summed E-state index contributed by atoms with van der Waals surface area (Å²) in [5, 5.41) is 9.87. The number of ether oxygens (including phenoxy) is 2. The maximum atomic E-state index is 9.87. The van der Waals surface area contributed by atoms with Crippen LogP contribution in [0.3, 0.4) is 0 Å². The zero-order valence-electron chi connectivity index (χ0n) is 11.1. The molecule has 1 aromatic rings. The Morgan fingerprint density at radius 3 is 3.11 bits per heavy atom. The predicted molar refractivity (Wildman–Crippen MR) is 68.4 cm³/mol. The van der Waals surface area contributed by atoms with Crippen molar-refractivity contribution in [3.05, 3.63) is 24.0 Å². The number of morpholine rings is 1. The number of hydrogen-bond donors (Lipinski definition) is 1. The topological polar surface area (TPSA) is 46.9 Å². The van der Waals surface area contributed by atoms with Crippen LogP contribution in [0.2, 0.25) is 0 Å². The number of rotatable bonds is 5. The molecule has 2 rings (SSSR count). The van der Waals surface area contributed by atoms with E-state index in [-0.39, 0.29) is 6.04 Å². The Bertz CT molecular complexity index is 367. The number of methoxy groups -OCH3 is 1. The van der Waals surface area contributed by atoms with Gasteiger partial charge < -0.3 is 19.1 Å². The molecule has 5 heteroatoms. The summed E-state index contributed by atoms with van der Waals surface area (Å²) in [6.07, 6.45) is 1.59. The first-order valence-electron chi connectivity index (χ1n) is 6.32. The van der Waals surface area contributed by atoms with Crippen LogP contribution in [0.5, 0.6) is 0 Å². The standard InChI is InChI=1S/C13H22N2O3/c1-14-5-3-4-12(14)13-10-18-7-6-15(13)8-11(16)9-17-2/h3-5,11,13,16H,6-10H2,1-2H3/t11-,13?/m0/s1. The Morgan fingerprint density at radius 1 is 1.61 bits per heavy atom. The second-order valence-electron chi connectivity index (χ2n) is 4.74. The van der Waals surface area contributed by atoms with Gasteiger partial charge in [-0.15, -0.1) is 0 Å². The Hall–Kier alpha value is -0.880. The van der Waals surface area contributed by atoms with Crippen molar-refractivity contribution in [1.82, 2.24) is 9.47 Å². The average molecular weight is 254 g/mol. The fraction of sp³-hybridized carbons (Fsp3) is 0.692. The molecular formula is C13H22N2O3. The van der Waals surface area contributed by atoms with E-state index in [4.69, 9.17) is 9.47 Å². The van der Waals surface area contributed by atoms with Crippen molar-refractivity contribution >= 4 is 0 Å². The van der Waals surface area contributed by atoms with Crippen LogP contribution < -0.4 is 0 Å². The van der Waals surface area contributed by atoms with Crippen molar-refractivity contribution in [2.75, 3.05) is 40.0 Å². The molecule has 1 aromatic heterocycles. The Kier molecular flexibility index (Phi) is 4.77. The zero-order chi connectivity index (χ0) is 13.0. The third-order valence-electron chi connectivity index (χ3n) is 3.37. The molecule has 18 heavy (non-hydrogen) atoms. The molecule has 1 N–H and O–H groups in total. The minimum atomic E-state index is -0.448. The van der Waals surface area contributed by atoms with E-state index < -0.39 is 6.10 Å². The normalized spacial score (nSPS) is 23.2. The van der Waals surface area contributed by atoms with Gasteiger partial charge in [0.1, 0.15) is 0 Å². The summed E-state index contributed by atoms with van der Waals surface area (Å²) < 4.78 is 12.7. The van der Waals surface area contributed by atoms with Crippen LogP contribution in [0.1, 0.15) is 11.7 Å². The van der Waals surface area contributed by atoms with Crippen molar-refractivity contribution in [3.8, 4) is 0 Å². The minimum absolute atomic E-state index is 0.213. The predicted octanol–water partition coefficient (Wildman–Crippen LogP) is 0.406. The summed E-state index contributed by atoms with van der Waals surface area (Å²) >= 11 is 0. The van der Waals surface area contributed by atoms with E-state index in [1.165, 1.54) is 5.69 Å². The maximum Gasteiger partial charge on any atom is 0.0900 e. The molecule has 0 saturated carbocycles. The summed E-state index contributed by atoms with van der Waals surface area (Å²) in [7, 11) is 3.64. The van der Waals surface area contributed by atoms with Gasteiger partial charge in [-0.3, -0.25) is 4.90 Å². The summed E-state index contributed by atoms with van der Waals surface area (Å²) in [6, 6.07) is 4.35. The van der Waals surface area contributed by atoms with Crippen molar-refractivity contribution in [3.63, 3.8) is 0 Å². The van der Waals surface area contributed by atoms with Crippen molar-refractivity contribution in [2.45, 2.75) is 12.1 Å². The molecule has 1 aliphatic rings. The SMILES string of the molecule is COC[C@@H](O)CN1CCOCC1c1cccn1C. The lowest BCUT2D eigenvalue weighted by Gasteiger charge is -2.36. The van der Waals surface area contributed by atoms with E-state index >= 15 is 0 Å². The van der Waals surface area contributed by atoms with Gasteiger partial charge >= 0.3 is 0 Å². The molecule has 1 saturated heterocycles. The fourth-order valence-corrected chi connectivity index (χ4v) is 2.47. The second-order valence-corrected chi connectivity index (χ2v) is 4.74. The van der Waals surface area contributed by atoms with Crippen LogP contribution in [0.4, 0.5) is 0 Å². The second kappa shape index (κ2) is 6.33. The van der Waals surface area contributed by atoms with Crippen LogP contribution >= 0.6 is 0 Å². The van der Waals surface area contributed by atoms with E-state index in [1.54, 1.807) is 7.11 Å². The Morgan fingerprint density at radius 2 is 2.44 bits per heavy atom. The summed E-state index contributed by atoms with van der Waals surface area (Å²) in [5.74, 6) is 0. The smallest absolute Gasteiger partial charge is 0.0900 e. The molecule has 5 nitrogen and oxygen atoms in total. The third-order valence-corrected chi connectivity index (χ3v) is 3.37. The Balaban J connectivity index is 2.04. The van der Waals surface area contributed by atoms with Gasteiger partial charge in [-0.05, 0) is 12.1 Å². The lowest BCUT2D eigenvalue weighted by Crippen LogP contribution is -2.44. The van der Waals surface area contributed by atoms with Gasteiger partial charge in [-0.2, -0.15) is 0 Å². The van der Waals surface area contributed by atoms with Gasteiger partial charge in [-0.25, -0.2) is 0 Å². The molecular weight excluding hydrogens is 232 g/mol. The summed E-state index contributed by atoms with van der Waals surface area (Å²) in [4.78, 5) is 2.27. The van der Waals surface area contributed by atoms with Crippen LogP contribution in [0.15, 0.2) is 18.3 Å². The molecule has 1 unspecified atom stereocenters. The van der Waals surface area contributed by atoms with Crippen LogP contribution in [0.25, 0.3) is 0 Å². The molecule has 102 valence electrons. The molecule has 2 heterocycles. The molecule has 0 radical (unpaired) electrons.